The monoisotopic (exact) mass is 322 g/mol. The van der Waals surface area contributed by atoms with E-state index >= 15 is 0 Å². The maximum Gasteiger partial charge on any atom is 0.573 e. The standard InChI is InChI=1S/C13H13F3O6/c1-19-11(17)7-20-8-12(18)21-6-9-3-2-4-10(5-9)22-13(14,15)16/h2-5H,6-8H2,1H3. The lowest BCUT2D eigenvalue weighted by Gasteiger charge is -2.10. The molecule has 0 atom stereocenters. The van der Waals surface area contributed by atoms with Crippen molar-refractivity contribution < 1.29 is 41.7 Å². The first-order valence-corrected chi connectivity index (χ1v) is 5.95. The van der Waals surface area contributed by atoms with E-state index in [4.69, 9.17) is 9.47 Å². The molecule has 0 bridgehead atoms. The average Bonchev–Trinajstić information content (AvgIpc) is 2.43. The third-order valence-corrected chi connectivity index (χ3v) is 2.20. The minimum absolute atomic E-state index is 0.254. The Morgan fingerprint density at radius 3 is 2.45 bits per heavy atom. The Hall–Kier alpha value is -2.29. The van der Waals surface area contributed by atoms with Crippen molar-refractivity contribution in [1.82, 2.24) is 0 Å². The van der Waals surface area contributed by atoms with Crippen molar-refractivity contribution in [3.63, 3.8) is 0 Å². The van der Waals surface area contributed by atoms with E-state index in [1.165, 1.54) is 19.2 Å². The zero-order valence-electron chi connectivity index (χ0n) is 11.5. The van der Waals surface area contributed by atoms with Gasteiger partial charge in [-0.3, -0.25) is 0 Å². The number of hydrogen-bond donors (Lipinski definition) is 0. The minimum Gasteiger partial charge on any atom is -0.467 e. The number of hydrogen-bond acceptors (Lipinski definition) is 6. The van der Waals surface area contributed by atoms with Crippen molar-refractivity contribution >= 4 is 11.9 Å². The Kier molecular flexibility index (Phi) is 6.64. The van der Waals surface area contributed by atoms with Crippen LogP contribution in [0.25, 0.3) is 0 Å². The van der Waals surface area contributed by atoms with Gasteiger partial charge in [-0.1, -0.05) is 12.1 Å². The fourth-order valence-electron chi connectivity index (χ4n) is 1.31. The largest absolute Gasteiger partial charge is 0.573 e. The predicted octanol–water partition coefficient (Wildman–Crippen LogP) is 1.82. The summed E-state index contributed by atoms with van der Waals surface area (Å²) in [5, 5.41) is 0. The van der Waals surface area contributed by atoms with Crippen LogP contribution in [0.3, 0.4) is 0 Å². The molecule has 0 amide bonds. The summed E-state index contributed by atoms with van der Waals surface area (Å²) in [6.07, 6.45) is -4.79. The molecule has 0 spiro atoms. The Labute approximate surface area is 123 Å². The molecule has 1 rings (SSSR count). The van der Waals surface area contributed by atoms with Crippen LogP contribution in [0.15, 0.2) is 24.3 Å². The van der Waals surface area contributed by atoms with Gasteiger partial charge in [0.25, 0.3) is 0 Å². The fourth-order valence-corrected chi connectivity index (χ4v) is 1.31. The van der Waals surface area contributed by atoms with E-state index in [9.17, 15) is 22.8 Å². The number of rotatable bonds is 7. The SMILES string of the molecule is COC(=O)COCC(=O)OCc1cccc(OC(F)(F)F)c1. The molecule has 22 heavy (non-hydrogen) atoms. The average molecular weight is 322 g/mol. The molecule has 9 heteroatoms. The van der Waals surface area contributed by atoms with Crippen LogP contribution in [0.4, 0.5) is 13.2 Å². The summed E-state index contributed by atoms with van der Waals surface area (Å²) in [6, 6.07) is 5.01. The smallest absolute Gasteiger partial charge is 0.467 e. The summed E-state index contributed by atoms with van der Waals surface area (Å²) in [4.78, 5) is 22.0. The third-order valence-electron chi connectivity index (χ3n) is 2.20. The first-order valence-electron chi connectivity index (χ1n) is 5.95. The van der Waals surface area contributed by atoms with Gasteiger partial charge in [0.1, 0.15) is 25.6 Å². The van der Waals surface area contributed by atoms with Gasteiger partial charge >= 0.3 is 18.3 Å². The molecular formula is C13H13F3O6. The van der Waals surface area contributed by atoms with Gasteiger partial charge in [-0.2, -0.15) is 0 Å². The number of esters is 2. The molecule has 0 saturated carbocycles. The van der Waals surface area contributed by atoms with E-state index in [2.05, 4.69) is 9.47 Å². The second kappa shape index (κ2) is 8.23. The highest BCUT2D eigenvalue weighted by molar-refractivity contribution is 5.73. The van der Waals surface area contributed by atoms with E-state index in [1.807, 2.05) is 0 Å². The van der Waals surface area contributed by atoms with Crippen molar-refractivity contribution in [1.29, 1.82) is 0 Å². The molecule has 0 unspecified atom stereocenters. The van der Waals surface area contributed by atoms with Gasteiger partial charge in [0, 0.05) is 0 Å². The first kappa shape index (κ1) is 17.8. The van der Waals surface area contributed by atoms with Crippen LogP contribution in [-0.4, -0.2) is 38.6 Å². The van der Waals surface area contributed by atoms with Gasteiger partial charge < -0.3 is 18.9 Å². The zero-order valence-corrected chi connectivity index (χ0v) is 11.5. The first-order chi connectivity index (χ1) is 10.3. The van der Waals surface area contributed by atoms with E-state index in [-0.39, 0.29) is 6.61 Å². The molecule has 0 fully saturated rings. The molecule has 0 aromatic heterocycles. The number of halogens is 3. The van der Waals surface area contributed by atoms with E-state index in [0.717, 1.165) is 12.1 Å². The fraction of sp³-hybridized carbons (Fsp3) is 0.385. The summed E-state index contributed by atoms with van der Waals surface area (Å²) in [5.41, 5.74) is 0.308. The van der Waals surface area contributed by atoms with Gasteiger partial charge in [0.2, 0.25) is 0 Å². The molecule has 122 valence electrons. The highest BCUT2D eigenvalue weighted by Crippen LogP contribution is 2.23. The molecule has 0 heterocycles. The number of alkyl halides is 3. The number of methoxy groups -OCH3 is 1. The molecule has 6 nitrogen and oxygen atoms in total. The van der Waals surface area contributed by atoms with E-state index in [0.29, 0.717) is 5.56 Å². The van der Waals surface area contributed by atoms with Crippen LogP contribution in [0.5, 0.6) is 5.75 Å². The second-order valence-corrected chi connectivity index (χ2v) is 3.92. The lowest BCUT2D eigenvalue weighted by molar-refractivity contribution is -0.274. The van der Waals surface area contributed by atoms with Crippen LogP contribution in [0.1, 0.15) is 5.56 Å². The number of benzene rings is 1. The van der Waals surface area contributed by atoms with Crippen LogP contribution in [0.2, 0.25) is 0 Å². The highest BCUT2D eigenvalue weighted by Gasteiger charge is 2.31. The van der Waals surface area contributed by atoms with Gasteiger partial charge in [0.15, 0.2) is 0 Å². The summed E-state index contributed by atoms with van der Waals surface area (Å²) in [6.45, 7) is -1.14. The van der Waals surface area contributed by atoms with Gasteiger partial charge in [-0.15, -0.1) is 13.2 Å². The van der Waals surface area contributed by atoms with Gasteiger partial charge in [-0.25, -0.2) is 9.59 Å². The highest BCUT2D eigenvalue weighted by atomic mass is 19.4. The number of carbonyl (C=O) groups excluding carboxylic acids is 2. The topological polar surface area (TPSA) is 71.1 Å². The van der Waals surface area contributed by atoms with Crippen molar-refractivity contribution in [2.45, 2.75) is 13.0 Å². The molecule has 0 radical (unpaired) electrons. The minimum atomic E-state index is -4.79. The lowest BCUT2D eigenvalue weighted by Crippen LogP contribution is -2.18. The predicted molar refractivity (Wildman–Crippen MR) is 65.8 cm³/mol. The molecular weight excluding hydrogens is 309 g/mol. The Morgan fingerprint density at radius 1 is 1.14 bits per heavy atom. The van der Waals surface area contributed by atoms with Gasteiger partial charge in [-0.05, 0) is 17.7 Å². The Bertz CT molecular complexity index is 515. The van der Waals surface area contributed by atoms with Gasteiger partial charge in [0.05, 0.1) is 7.11 Å². The molecule has 0 aliphatic carbocycles. The van der Waals surface area contributed by atoms with Crippen molar-refractivity contribution in [3.8, 4) is 5.75 Å². The summed E-state index contributed by atoms with van der Waals surface area (Å²) in [5.74, 6) is -1.83. The lowest BCUT2D eigenvalue weighted by atomic mass is 10.2. The second-order valence-electron chi connectivity index (χ2n) is 3.92. The van der Waals surface area contributed by atoms with E-state index < -0.39 is 37.3 Å². The molecule has 0 aliphatic rings. The van der Waals surface area contributed by atoms with E-state index in [1.54, 1.807) is 0 Å². The molecule has 1 aromatic rings. The third kappa shape index (κ3) is 7.48. The van der Waals surface area contributed by atoms with Crippen molar-refractivity contribution in [2.75, 3.05) is 20.3 Å². The summed E-state index contributed by atoms with van der Waals surface area (Å²) < 4.78 is 53.7. The molecule has 1 aromatic carbocycles. The van der Waals surface area contributed by atoms with Crippen molar-refractivity contribution in [3.05, 3.63) is 29.8 Å². The van der Waals surface area contributed by atoms with Crippen LogP contribution < -0.4 is 4.74 Å². The maximum atomic E-state index is 12.1. The Balaban J connectivity index is 2.39. The van der Waals surface area contributed by atoms with Crippen LogP contribution in [-0.2, 0) is 30.4 Å². The summed E-state index contributed by atoms with van der Waals surface area (Å²) >= 11 is 0. The molecule has 0 saturated heterocycles. The quantitative estimate of drug-likeness (QED) is 0.713. The Morgan fingerprint density at radius 2 is 1.82 bits per heavy atom. The molecule has 0 aliphatic heterocycles. The van der Waals surface area contributed by atoms with Crippen LogP contribution >= 0.6 is 0 Å². The normalized spacial score (nSPS) is 10.9. The van der Waals surface area contributed by atoms with Crippen molar-refractivity contribution in [2.24, 2.45) is 0 Å². The summed E-state index contributed by atoms with van der Waals surface area (Å²) in [7, 11) is 1.17. The number of carbonyl (C=O) groups is 2. The number of ether oxygens (including phenoxy) is 4. The maximum absolute atomic E-state index is 12.1. The molecule has 0 N–H and O–H groups in total. The zero-order chi connectivity index (χ0) is 16.6. The van der Waals surface area contributed by atoms with Crippen LogP contribution in [0, 0.1) is 0 Å².